The third-order valence-corrected chi connectivity index (χ3v) is 3.05. The number of alkyl halides is 6. The van der Waals surface area contributed by atoms with Gasteiger partial charge in [-0.1, -0.05) is 12.1 Å². The number of carbonyl (C=O) groups excluding carboxylic acids is 1. The third-order valence-electron chi connectivity index (χ3n) is 3.05. The highest BCUT2D eigenvalue weighted by Gasteiger charge is 2.68. The quantitative estimate of drug-likeness (QED) is 0.744. The van der Waals surface area contributed by atoms with Crippen molar-refractivity contribution in [2.24, 2.45) is 0 Å². The fraction of sp³-hybridized carbons (Fsp3) is 0.533. The Hall–Kier alpha value is -2.13. The summed E-state index contributed by atoms with van der Waals surface area (Å²) in [6, 6.07) is 4.03. The molecule has 1 rings (SSSR count). The van der Waals surface area contributed by atoms with Crippen LogP contribution in [0.1, 0.15) is 27.7 Å². The van der Waals surface area contributed by atoms with Crippen molar-refractivity contribution in [2.45, 2.75) is 51.2 Å². The van der Waals surface area contributed by atoms with Crippen molar-refractivity contribution in [3.63, 3.8) is 0 Å². The lowest BCUT2D eigenvalue weighted by Gasteiger charge is -2.34. The largest absolute Gasteiger partial charge is 0.486 e. The predicted molar refractivity (Wildman–Crippen MR) is 79.5 cm³/mol. The molecule has 2 amide bonds. The Morgan fingerprint density at radius 1 is 0.920 bits per heavy atom. The van der Waals surface area contributed by atoms with Crippen LogP contribution in [0.2, 0.25) is 0 Å². The van der Waals surface area contributed by atoms with Crippen molar-refractivity contribution >= 4 is 11.7 Å². The van der Waals surface area contributed by atoms with Gasteiger partial charge < -0.3 is 15.4 Å². The van der Waals surface area contributed by atoms with Crippen LogP contribution in [0, 0.1) is 0 Å². The van der Waals surface area contributed by atoms with E-state index in [-0.39, 0.29) is 18.4 Å². The maximum atomic E-state index is 12.8. The minimum absolute atomic E-state index is 0.0679. The molecule has 1 aromatic carbocycles. The topological polar surface area (TPSA) is 50.4 Å². The Morgan fingerprint density at radius 2 is 1.40 bits per heavy atom. The molecule has 1 aromatic rings. The molecule has 0 saturated carbocycles. The van der Waals surface area contributed by atoms with E-state index in [0.29, 0.717) is 0 Å². The predicted octanol–water partition coefficient (Wildman–Crippen LogP) is 4.87. The van der Waals surface area contributed by atoms with Crippen molar-refractivity contribution in [3.05, 3.63) is 24.3 Å². The number of urea groups is 1. The van der Waals surface area contributed by atoms with Crippen LogP contribution >= 0.6 is 0 Å². The Bertz CT molecular complexity index is 606. The van der Waals surface area contributed by atoms with Crippen molar-refractivity contribution in [3.8, 4) is 5.75 Å². The molecule has 2 N–H and O–H groups in total. The van der Waals surface area contributed by atoms with Crippen LogP contribution in [0.5, 0.6) is 5.75 Å². The van der Waals surface area contributed by atoms with E-state index in [1.165, 1.54) is 18.2 Å². The number of halogens is 6. The number of anilines is 1. The van der Waals surface area contributed by atoms with E-state index < -0.39 is 29.5 Å². The summed E-state index contributed by atoms with van der Waals surface area (Å²) in [6.07, 6.45) is -11.5. The van der Waals surface area contributed by atoms with Gasteiger partial charge >= 0.3 is 18.4 Å². The van der Waals surface area contributed by atoms with Gasteiger partial charge in [-0.05, 0) is 39.8 Å². The van der Waals surface area contributed by atoms with Crippen LogP contribution in [0.3, 0.4) is 0 Å². The van der Waals surface area contributed by atoms with Gasteiger partial charge in [0.2, 0.25) is 5.54 Å². The zero-order valence-electron chi connectivity index (χ0n) is 13.9. The first-order valence-corrected chi connectivity index (χ1v) is 7.07. The Balaban J connectivity index is 3.04. The molecular weight excluding hydrogens is 354 g/mol. The number of nitrogens with one attached hydrogen (secondary N) is 2. The van der Waals surface area contributed by atoms with Gasteiger partial charge in [-0.2, -0.15) is 26.3 Å². The highest BCUT2D eigenvalue weighted by Crippen LogP contribution is 2.42. The number of amides is 2. The number of benzene rings is 1. The number of ether oxygens (including phenoxy) is 1. The van der Waals surface area contributed by atoms with E-state index in [2.05, 4.69) is 0 Å². The van der Waals surface area contributed by atoms with Gasteiger partial charge in [-0.3, -0.25) is 0 Å². The molecule has 4 nitrogen and oxygen atoms in total. The molecule has 0 aliphatic rings. The molecule has 0 aliphatic heterocycles. The zero-order valence-corrected chi connectivity index (χ0v) is 13.9. The second-order valence-electron chi connectivity index (χ2n) is 6.41. The van der Waals surface area contributed by atoms with Crippen LogP contribution < -0.4 is 15.4 Å². The first-order chi connectivity index (χ1) is 11.1. The third kappa shape index (κ3) is 5.17. The van der Waals surface area contributed by atoms with E-state index in [1.807, 2.05) is 5.32 Å². The molecule has 0 saturated heterocycles. The molecule has 0 heterocycles. The van der Waals surface area contributed by atoms with Crippen LogP contribution in [0.4, 0.5) is 36.8 Å². The summed E-state index contributed by atoms with van der Waals surface area (Å²) in [7, 11) is 0. The maximum Gasteiger partial charge on any atom is 0.420 e. The average Bonchev–Trinajstić information content (AvgIpc) is 2.36. The Kier molecular flexibility index (Phi) is 5.56. The van der Waals surface area contributed by atoms with Crippen LogP contribution in [0.15, 0.2) is 24.3 Å². The second-order valence-corrected chi connectivity index (χ2v) is 6.41. The molecular formula is C15H18F6N2O2. The first-order valence-electron chi connectivity index (χ1n) is 7.07. The summed E-state index contributed by atoms with van der Waals surface area (Å²) >= 11 is 0. The number of carbonyl (C=O) groups is 1. The Labute approximate surface area is 140 Å². The fourth-order valence-electron chi connectivity index (χ4n) is 1.67. The van der Waals surface area contributed by atoms with E-state index in [4.69, 9.17) is 4.74 Å². The standard InChI is InChI=1S/C15H18F6N2O2/c1-12(2,3)25-10-8-6-5-7-9(10)22-11(24)23-13(4,14(16,17)18)15(19,20)21/h5-8H,1-4H3,(H2,22,23,24). The smallest absolute Gasteiger partial charge is 0.420 e. The average molecular weight is 372 g/mol. The van der Waals surface area contributed by atoms with E-state index in [0.717, 1.165) is 5.32 Å². The first kappa shape index (κ1) is 20.9. The zero-order chi connectivity index (χ0) is 19.7. The van der Waals surface area contributed by atoms with Crippen molar-refractivity contribution in [1.82, 2.24) is 5.32 Å². The van der Waals surface area contributed by atoms with Gasteiger partial charge in [-0.15, -0.1) is 0 Å². The summed E-state index contributed by atoms with van der Waals surface area (Å²) < 4.78 is 82.4. The molecule has 0 radical (unpaired) electrons. The van der Waals surface area contributed by atoms with Gasteiger partial charge in [0.25, 0.3) is 0 Å². The highest BCUT2D eigenvalue weighted by molar-refractivity contribution is 5.91. The van der Waals surface area contributed by atoms with Gasteiger partial charge in [0.15, 0.2) is 0 Å². The lowest BCUT2D eigenvalue weighted by Crippen LogP contribution is -2.66. The molecule has 0 aliphatic carbocycles. The van der Waals surface area contributed by atoms with E-state index in [1.54, 1.807) is 26.8 Å². The highest BCUT2D eigenvalue weighted by atomic mass is 19.4. The van der Waals surface area contributed by atoms with Gasteiger partial charge in [0, 0.05) is 0 Å². The van der Waals surface area contributed by atoms with E-state index in [9.17, 15) is 31.1 Å². The second kappa shape index (κ2) is 6.64. The summed E-state index contributed by atoms with van der Waals surface area (Å²) in [5.74, 6) is 0.103. The fourth-order valence-corrected chi connectivity index (χ4v) is 1.67. The molecule has 0 atom stereocenters. The van der Waals surface area contributed by atoms with Gasteiger partial charge in [0.05, 0.1) is 5.69 Å². The van der Waals surface area contributed by atoms with Crippen molar-refractivity contribution < 1.29 is 35.9 Å². The summed E-state index contributed by atoms with van der Waals surface area (Å²) in [5, 5.41) is 2.91. The molecule has 25 heavy (non-hydrogen) atoms. The minimum atomic E-state index is -5.73. The van der Waals surface area contributed by atoms with Crippen LogP contribution in [-0.4, -0.2) is 29.5 Å². The van der Waals surface area contributed by atoms with Crippen molar-refractivity contribution in [2.75, 3.05) is 5.32 Å². The number of rotatable bonds is 3. The molecule has 0 spiro atoms. The van der Waals surface area contributed by atoms with Gasteiger partial charge in [0.1, 0.15) is 11.4 Å². The lowest BCUT2D eigenvalue weighted by atomic mass is 10.0. The monoisotopic (exact) mass is 372 g/mol. The lowest BCUT2D eigenvalue weighted by molar-refractivity contribution is -0.297. The normalized spacial score (nSPS) is 13.4. The Morgan fingerprint density at radius 3 is 1.84 bits per heavy atom. The number of para-hydroxylation sites is 2. The minimum Gasteiger partial charge on any atom is -0.486 e. The summed E-state index contributed by atoms with van der Waals surface area (Å²) in [5.41, 5.74) is -5.16. The maximum absolute atomic E-state index is 12.8. The molecule has 0 bridgehead atoms. The van der Waals surface area contributed by atoms with E-state index >= 15 is 0 Å². The molecule has 10 heteroatoms. The molecule has 142 valence electrons. The van der Waals surface area contributed by atoms with Gasteiger partial charge in [-0.25, -0.2) is 4.79 Å². The molecule has 0 unspecified atom stereocenters. The van der Waals surface area contributed by atoms with Crippen molar-refractivity contribution in [1.29, 1.82) is 0 Å². The summed E-state index contributed by atoms with van der Waals surface area (Å²) in [6.45, 7) is 4.92. The molecule has 0 aromatic heterocycles. The SMILES string of the molecule is CC(C)(C)Oc1ccccc1NC(=O)NC(C)(C(F)(F)F)C(F)(F)F. The van der Waals surface area contributed by atoms with Crippen LogP contribution in [0.25, 0.3) is 0 Å². The number of hydrogen-bond acceptors (Lipinski definition) is 2. The molecule has 0 fully saturated rings. The summed E-state index contributed by atoms with van der Waals surface area (Å²) in [4.78, 5) is 11.8. The number of hydrogen-bond donors (Lipinski definition) is 2. The van der Waals surface area contributed by atoms with Crippen LogP contribution in [-0.2, 0) is 0 Å².